The number of nitrogens with one attached hydrogen (secondary N) is 1. The number of hydrogen-bond donors (Lipinski definition) is 1. The fourth-order valence-electron chi connectivity index (χ4n) is 2.66. The highest BCUT2D eigenvalue weighted by molar-refractivity contribution is 5.92. The molecular formula is C21H25NO4. The van der Waals surface area contributed by atoms with E-state index < -0.39 is 0 Å². The Morgan fingerprint density at radius 3 is 2.27 bits per heavy atom. The lowest BCUT2D eigenvalue weighted by Gasteiger charge is -2.17. The Hall–Kier alpha value is -2.95. The summed E-state index contributed by atoms with van der Waals surface area (Å²) in [6, 6.07) is 11.2. The van der Waals surface area contributed by atoms with Crippen molar-refractivity contribution < 1.29 is 19.0 Å². The maximum atomic E-state index is 12.3. The van der Waals surface area contributed by atoms with Crippen LogP contribution >= 0.6 is 0 Å². The molecule has 26 heavy (non-hydrogen) atoms. The number of benzene rings is 2. The number of methoxy groups -OCH3 is 3. The predicted molar refractivity (Wildman–Crippen MR) is 103 cm³/mol. The van der Waals surface area contributed by atoms with Gasteiger partial charge in [-0.1, -0.05) is 23.8 Å². The van der Waals surface area contributed by atoms with Crippen LogP contribution < -0.4 is 19.5 Å². The van der Waals surface area contributed by atoms with Crippen molar-refractivity contribution in [1.82, 2.24) is 5.32 Å². The summed E-state index contributed by atoms with van der Waals surface area (Å²) in [5.41, 5.74) is 2.90. The molecule has 0 aliphatic carbocycles. The van der Waals surface area contributed by atoms with Gasteiger partial charge in [-0.15, -0.1) is 0 Å². The van der Waals surface area contributed by atoms with Crippen LogP contribution in [0.15, 0.2) is 42.5 Å². The second-order valence-electron chi connectivity index (χ2n) is 5.92. The summed E-state index contributed by atoms with van der Waals surface area (Å²) in [4.78, 5) is 12.3. The number of amides is 1. The van der Waals surface area contributed by atoms with Crippen molar-refractivity contribution in [3.63, 3.8) is 0 Å². The maximum absolute atomic E-state index is 12.3. The summed E-state index contributed by atoms with van der Waals surface area (Å²) in [6.07, 6.45) is 3.23. The molecule has 5 nitrogen and oxygen atoms in total. The average molecular weight is 355 g/mol. The zero-order valence-corrected chi connectivity index (χ0v) is 15.8. The van der Waals surface area contributed by atoms with Gasteiger partial charge >= 0.3 is 0 Å². The second-order valence-corrected chi connectivity index (χ2v) is 5.92. The van der Waals surface area contributed by atoms with Crippen molar-refractivity contribution in [1.29, 1.82) is 0 Å². The molecule has 0 aliphatic heterocycles. The van der Waals surface area contributed by atoms with Crippen LogP contribution in [0.3, 0.4) is 0 Å². The van der Waals surface area contributed by atoms with Gasteiger partial charge in [0, 0.05) is 11.6 Å². The van der Waals surface area contributed by atoms with E-state index in [9.17, 15) is 4.79 Å². The lowest BCUT2D eigenvalue weighted by atomic mass is 10.0. The van der Waals surface area contributed by atoms with E-state index in [1.54, 1.807) is 33.5 Å². The Labute approximate surface area is 154 Å². The molecule has 0 saturated carbocycles. The summed E-state index contributed by atoms with van der Waals surface area (Å²) in [5.74, 6) is 1.84. The molecule has 2 aromatic rings. The highest BCUT2D eigenvalue weighted by atomic mass is 16.5. The van der Waals surface area contributed by atoms with Crippen LogP contribution in [0.25, 0.3) is 6.08 Å². The van der Waals surface area contributed by atoms with E-state index >= 15 is 0 Å². The lowest BCUT2D eigenvalue weighted by Crippen LogP contribution is -2.25. The van der Waals surface area contributed by atoms with Gasteiger partial charge in [0.25, 0.3) is 0 Å². The van der Waals surface area contributed by atoms with E-state index in [0.29, 0.717) is 11.5 Å². The smallest absolute Gasteiger partial charge is 0.244 e. The average Bonchev–Trinajstić information content (AvgIpc) is 2.65. The monoisotopic (exact) mass is 355 g/mol. The minimum atomic E-state index is -0.184. The lowest BCUT2D eigenvalue weighted by molar-refractivity contribution is -0.117. The van der Waals surface area contributed by atoms with Gasteiger partial charge < -0.3 is 19.5 Å². The van der Waals surface area contributed by atoms with Crippen molar-refractivity contribution in [2.45, 2.75) is 19.9 Å². The van der Waals surface area contributed by atoms with Crippen LogP contribution in [0.5, 0.6) is 17.2 Å². The molecule has 1 amide bonds. The first-order chi connectivity index (χ1) is 12.5. The Morgan fingerprint density at radius 2 is 1.62 bits per heavy atom. The maximum Gasteiger partial charge on any atom is 0.244 e. The van der Waals surface area contributed by atoms with Gasteiger partial charge in [0.1, 0.15) is 5.75 Å². The molecule has 0 saturated heterocycles. The molecule has 5 heteroatoms. The van der Waals surface area contributed by atoms with Crippen molar-refractivity contribution in [3.05, 3.63) is 59.2 Å². The molecular weight excluding hydrogens is 330 g/mol. The largest absolute Gasteiger partial charge is 0.496 e. The molecule has 0 aliphatic rings. The van der Waals surface area contributed by atoms with Gasteiger partial charge in [-0.25, -0.2) is 0 Å². The van der Waals surface area contributed by atoms with Crippen molar-refractivity contribution >= 4 is 12.0 Å². The number of rotatable bonds is 7. The first kappa shape index (κ1) is 19.4. The van der Waals surface area contributed by atoms with Crippen molar-refractivity contribution in [2.75, 3.05) is 21.3 Å². The molecule has 1 N–H and O–H groups in total. The summed E-state index contributed by atoms with van der Waals surface area (Å²) >= 11 is 0. The van der Waals surface area contributed by atoms with Crippen LogP contribution in [0.1, 0.15) is 29.7 Å². The van der Waals surface area contributed by atoms with Crippen LogP contribution in [-0.2, 0) is 4.79 Å². The van der Waals surface area contributed by atoms with E-state index in [4.69, 9.17) is 14.2 Å². The first-order valence-corrected chi connectivity index (χ1v) is 8.33. The Kier molecular flexibility index (Phi) is 6.67. The molecule has 138 valence electrons. The third kappa shape index (κ3) is 4.79. The van der Waals surface area contributed by atoms with E-state index in [0.717, 1.165) is 22.4 Å². The van der Waals surface area contributed by atoms with Gasteiger partial charge in [-0.2, -0.15) is 0 Å². The quantitative estimate of drug-likeness (QED) is 0.765. The highest BCUT2D eigenvalue weighted by Crippen LogP contribution is 2.28. The summed E-state index contributed by atoms with van der Waals surface area (Å²) in [6.45, 7) is 3.94. The van der Waals surface area contributed by atoms with Crippen molar-refractivity contribution in [2.24, 2.45) is 0 Å². The Bertz CT molecular complexity index is 799. The molecule has 2 aromatic carbocycles. The van der Waals surface area contributed by atoms with Crippen LogP contribution in [0.2, 0.25) is 0 Å². The molecule has 1 unspecified atom stereocenters. The first-order valence-electron chi connectivity index (χ1n) is 8.33. The predicted octanol–water partition coefficient (Wildman–Crippen LogP) is 3.91. The van der Waals surface area contributed by atoms with Crippen LogP contribution in [-0.4, -0.2) is 27.2 Å². The normalized spacial score (nSPS) is 11.9. The number of carbonyl (C=O) groups is 1. The summed E-state index contributed by atoms with van der Waals surface area (Å²) in [7, 11) is 4.79. The zero-order valence-electron chi connectivity index (χ0n) is 15.8. The van der Waals surface area contributed by atoms with Crippen LogP contribution in [0.4, 0.5) is 0 Å². The minimum absolute atomic E-state index is 0.174. The minimum Gasteiger partial charge on any atom is -0.496 e. The van der Waals surface area contributed by atoms with E-state index in [1.165, 1.54) is 6.08 Å². The second kappa shape index (κ2) is 8.94. The van der Waals surface area contributed by atoms with E-state index in [2.05, 4.69) is 5.32 Å². The number of aryl methyl sites for hydroxylation is 1. The van der Waals surface area contributed by atoms with Gasteiger partial charge in [-0.3, -0.25) is 4.79 Å². The van der Waals surface area contributed by atoms with Crippen LogP contribution in [0, 0.1) is 6.92 Å². The van der Waals surface area contributed by atoms with E-state index in [1.807, 2.05) is 44.2 Å². The number of hydrogen-bond acceptors (Lipinski definition) is 4. The fraction of sp³-hybridized carbons (Fsp3) is 0.286. The molecule has 0 bridgehead atoms. The third-order valence-electron chi connectivity index (χ3n) is 4.05. The molecule has 0 fully saturated rings. The zero-order chi connectivity index (χ0) is 19.1. The molecule has 0 heterocycles. The molecule has 2 rings (SSSR count). The molecule has 1 atom stereocenters. The van der Waals surface area contributed by atoms with Crippen molar-refractivity contribution in [3.8, 4) is 17.2 Å². The van der Waals surface area contributed by atoms with Gasteiger partial charge in [0.2, 0.25) is 5.91 Å². The van der Waals surface area contributed by atoms with E-state index in [-0.39, 0.29) is 11.9 Å². The summed E-state index contributed by atoms with van der Waals surface area (Å²) in [5, 5.41) is 2.96. The highest BCUT2D eigenvalue weighted by Gasteiger charge is 2.13. The third-order valence-corrected chi connectivity index (χ3v) is 4.05. The number of carbonyl (C=O) groups excluding carboxylic acids is 1. The topological polar surface area (TPSA) is 56.8 Å². The standard InChI is InChI=1S/C21H25NO4/c1-14-6-9-18(24-3)17(12-14)15(2)22-21(23)11-8-16-7-10-19(25-4)20(13-16)26-5/h6-13,15H,1-5H3,(H,22,23)/b11-8+. The van der Waals surface area contributed by atoms with Gasteiger partial charge in [0.05, 0.1) is 27.4 Å². The Balaban J connectivity index is 2.08. The number of ether oxygens (including phenoxy) is 3. The fourth-order valence-corrected chi connectivity index (χ4v) is 2.66. The molecule has 0 aromatic heterocycles. The Morgan fingerprint density at radius 1 is 0.962 bits per heavy atom. The molecule has 0 spiro atoms. The molecule has 0 radical (unpaired) electrons. The van der Waals surface area contributed by atoms with Gasteiger partial charge in [0.15, 0.2) is 11.5 Å². The summed E-state index contributed by atoms with van der Waals surface area (Å²) < 4.78 is 15.9. The van der Waals surface area contributed by atoms with Gasteiger partial charge in [-0.05, 0) is 43.7 Å². The SMILES string of the molecule is COc1ccc(/C=C/C(=O)NC(C)c2cc(C)ccc2OC)cc1OC.